The molecule has 62 valence electrons. The number of sulfone groups is 1. The summed E-state index contributed by atoms with van der Waals surface area (Å²) in [7, 11) is -2.91. The van der Waals surface area contributed by atoms with Gasteiger partial charge in [-0.2, -0.15) is 0 Å². The standard InChI is InChI=1S/C7H10O3S/c1-2-7(8)6-3-4-11(9,10)5-6/h1,6-8H,3-5H2. The van der Waals surface area contributed by atoms with E-state index in [2.05, 4.69) is 5.92 Å². The molecular weight excluding hydrogens is 164 g/mol. The molecular formula is C7H10O3S. The SMILES string of the molecule is C#CC(O)C1CCS(=O)(=O)C1. The number of aliphatic hydroxyl groups excluding tert-OH is 1. The third kappa shape index (κ3) is 1.95. The average molecular weight is 174 g/mol. The van der Waals surface area contributed by atoms with Crippen LogP contribution in [0.5, 0.6) is 0 Å². The van der Waals surface area contributed by atoms with E-state index >= 15 is 0 Å². The third-order valence-corrected chi connectivity index (χ3v) is 3.68. The second kappa shape index (κ2) is 2.84. The van der Waals surface area contributed by atoms with Crippen molar-refractivity contribution in [3.05, 3.63) is 0 Å². The monoisotopic (exact) mass is 174 g/mol. The molecule has 1 rings (SSSR count). The van der Waals surface area contributed by atoms with Crippen LogP contribution in [-0.4, -0.2) is 31.1 Å². The van der Waals surface area contributed by atoms with E-state index in [4.69, 9.17) is 11.5 Å². The van der Waals surface area contributed by atoms with E-state index in [0.29, 0.717) is 6.42 Å². The first-order chi connectivity index (χ1) is 5.05. The summed E-state index contributed by atoms with van der Waals surface area (Å²) in [6.07, 6.45) is 4.54. The Labute approximate surface area is 66.3 Å². The van der Waals surface area contributed by atoms with Gasteiger partial charge in [-0.25, -0.2) is 8.42 Å². The zero-order valence-electron chi connectivity index (χ0n) is 6.03. The molecule has 0 aromatic heterocycles. The first kappa shape index (κ1) is 8.57. The van der Waals surface area contributed by atoms with Gasteiger partial charge < -0.3 is 5.11 Å². The highest BCUT2D eigenvalue weighted by Gasteiger charge is 2.31. The van der Waals surface area contributed by atoms with E-state index in [0.717, 1.165) is 0 Å². The van der Waals surface area contributed by atoms with E-state index < -0.39 is 15.9 Å². The second-order valence-corrected chi connectivity index (χ2v) is 5.00. The fourth-order valence-electron chi connectivity index (χ4n) is 1.21. The van der Waals surface area contributed by atoms with Crippen LogP contribution in [0.4, 0.5) is 0 Å². The Morgan fingerprint density at radius 2 is 2.27 bits per heavy atom. The van der Waals surface area contributed by atoms with Gasteiger partial charge in [-0.3, -0.25) is 0 Å². The summed E-state index contributed by atoms with van der Waals surface area (Å²) in [5, 5.41) is 9.09. The Kier molecular flexibility index (Phi) is 2.21. The molecule has 1 aliphatic rings. The quantitative estimate of drug-likeness (QED) is 0.541. The molecule has 1 saturated heterocycles. The van der Waals surface area contributed by atoms with E-state index in [1.807, 2.05) is 0 Å². The molecule has 2 unspecified atom stereocenters. The molecule has 0 saturated carbocycles. The van der Waals surface area contributed by atoms with Crippen LogP contribution in [-0.2, 0) is 9.84 Å². The van der Waals surface area contributed by atoms with Gasteiger partial charge in [-0.05, 0) is 6.42 Å². The summed E-state index contributed by atoms with van der Waals surface area (Å²) in [5.41, 5.74) is 0. The Bertz CT molecular complexity index is 273. The number of rotatable bonds is 1. The predicted molar refractivity (Wildman–Crippen MR) is 41.6 cm³/mol. The van der Waals surface area contributed by atoms with Crippen molar-refractivity contribution in [3.8, 4) is 12.3 Å². The van der Waals surface area contributed by atoms with Crippen LogP contribution in [0.3, 0.4) is 0 Å². The maximum Gasteiger partial charge on any atom is 0.150 e. The smallest absolute Gasteiger partial charge is 0.150 e. The van der Waals surface area contributed by atoms with Gasteiger partial charge >= 0.3 is 0 Å². The number of terminal acetylenes is 1. The Balaban J connectivity index is 2.64. The maximum atomic E-state index is 10.9. The number of hydrogen-bond donors (Lipinski definition) is 1. The molecule has 0 aromatic rings. The minimum Gasteiger partial charge on any atom is -0.380 e. The van der Waals surface area contributed by atoms with Crippen LogP contribution in [0.1, 0.15) is 6.42 Å². The van der Waals surface area contributed by atoms with Crippen molar-refractivity contribution in [1.29, 1.82) is 0 Å². The van der Waals surface area contributed by atoms with E-state index in [-0.39, 0.29) is 17.4 Å². The number of hydrogen-bond acceptors (Lipinski definition) is 3. The molecule has 2 atom stereocenters. The van der Waals surface area contributed by atoms with Gasteiger partial charge in [-0.1, -0.05) is 5.92 Å². The summed E-state index contributed by atoms with van der Waals surface area (Å²) in [5.74, 6) is 2.09. The van der Waals surface area contributed by atoms with Gasteiger partial charge in [-0.15, -0.1) is 6.42 Å². The van der Waals surface area contributed by atoms with E-state index in [9.17, 15) is 8.42 Å². The molecule has 11 heavy (non-hydrogen) atoms. The van der Waals surface area contributed by atoms with Crippen LogP contribution >= 0.6 is 0 Å². The predicted octanol–water partition coefficient (Wildman–Crippen LogP) is -0.585. The molecule has 1 N–H and O–H groups in total. The van der Waals surface area contributed by atoms with Crippen molar-refractivity contribution in [2.24, 2.45) is 5.92 Å². The fourth-order valence-corrected chi connectivity index (χ4v) is 3.04. The highest BCUT2D eigenvalue weighted by atomic mass is 32.2. The lowest BCUT2D eigenvalue weighted by molar-refractivity contribution is 0.175. The minimum atomic E-state index is -2.91. The summed E-state index contributed by atoms with van der Waals surface area (Å²) in [4.78, 5) is 0. The van der Waals surface area contributed by atoms with Crippen LogP contribution in [0.2, 0.25) is 0 Å². The molecule has 4 heteroatoms. The highest BCUT2D eigenvalue weighted by Crippen LogP contribution is 2.21. The molecule has 0 amide bonds. The van der Waals surface area contributed by atoms with Gasteiger partial charge in [0.2, 0.25) is 0 Å². The van der Waals surface area contributed by atoms with Crippen molar-refractivity contribution >= 4 is 9.84 Å². The molecule has 0 radical (unpaired) electrons. The van der Waals surface area contributed by atoms with Gasteiger partial charge in [0.25, 0.3) is 0 Å². The summed E-state index contributed by atoms with van der Waals surface area (Å²) >= 11 is 0. The molecule has 0 aromatic carbocycles. The highest BCUT2D eigenvalue weighted by molar-refractivity contribution is 7.91. The summed E-state index contributed by atoms with van der Waals surface area (Å²) in [6, 6.07) is 0. The first-order valence-corrected chi connectivity index (χ1v) is 5.22. The van der Waals surface area contributed by atoms with Crippen molar-refractivity contribution in [2.75, 3.05) is 11.5 Å². The van der Waals surface area contributed by atoms with E-state index in [1.54, 1.807) is 0 Å². The molecule has 1 heterocycles. The zero-order valence-corrected chi connectivity index (χ0v) is 6.84. The largest absolute Gasteiger partial charge is 0.380 e. The Morgan fingerprint density at radius 1 is 1.64 bits per heavy atom. The van der Waals surface area contributed by atoms with Crippen LogP contribution in [0, 0.1) is 18.3 Å². The van der Waals surface area contributed by atoms with Crippen molar-refractivity contribution < 1.29 is 13.5 Å². The fraction of sp³-hybridized carbons (Fsp3) is 0.714. The topological polar surface area (TPSA) is 54.4 Å². The normalized spacial score (nSPS) is 31.1. The van der Waals surface area contributed by atoms with Gasteiger partial charge in [0.15, 0.2) is 9.84 Å². The summed E-state index contributed by atoms with van der Waals surface area (Å²) < 4.78 is 21.8. The van der Waals surface area contributed by atoms with Crippen LogP contribution in [0.25, 0.3) is 0 Å². The van der Waals surface area contributed by atoms with Gasteiger partial charge in [0, 0.05) is 5.92 Å². The maximum absolute atomic E-state index is 10.9. The molecule has 1 aliphatic heterocycles. The van der Waals surface area contributed by atoms with Crippen molar-refractivity contribution in [3.63, 3.8) is 0 Å². The van der Waals surface area contributed by atoms with Gasteiger partial charge in [0.1, 0.15) is 6.10 Å². The second-order valence-electron chi connectivity index (χ2n) is 2.77. The van der Waals surface area contributed by atoms with Crippen molar-refractivity contribution in [2.45, 2.75) is 12.5 Å². The van der Waals surface area contributed by atoms with Gasteiger partial charge in [0.05, 0.1) is 11.5 Å². The molecule has 0 aliphatic carbocycles. The molecule has 1 fully saturated rings. The first-order valence-electron chi connectivity index (χ1n) is 3.40. The van der Waals surface area contributed by atoms with Crippen LogP contribution < -0.4 is 0 Å². The van der Waals surface area contributed by atoms with Crippen molar-refractivity contribution in [1.82, 2.24) is 0 Å². The van der Waals surface area contributed by atoms with E-state index in [1.165, 1.54) is 0 Å². The summed E-state index contributed by atoms with van der Waals surface area (Å²) in [6.45, 7) is 0. The molecule has 0 spiro atoms. The Hall–Kier alpha value is -0.530. The number of aliphatic hydroxyl groups is 1. The lowest BCUT2D eigenvalue weighted by Gasteiger charge is -2.08. The van der Waals surface area contributed by atoms with Crippen LogP contribution in [0.15, 0.2) is 0 Å². The lowest BCUT2D eigenvalue weighted by Crippen LogP contribution is -2.19. The zero-order chi connectivity index (χ0) is 8.48. The Morgan fingerprint density at radius 3 is 2.64 bits per heavy atom. The lowest BCUT2D eigenvalue weighted by atomic mass is 10.0. The molecule has 0 bridgehead atoms. The third-order valence-electron chi connectivity index (χ3n) is 1.88. The average Bonchev–Trinajstić information content (AvgIpc) is 2.29. The molecule has 3 nitrogen and oxygen atoms in total. The minimum absolute atomic E-state index is 0.0400.